The van der Waals surface area contributed by atoms with Crippen LogP contribution < -0.4 is 10.1 Å². The molecule has 0 aliphatic carbocycles. The van der Waals surface area contributed by atoms with Crippen molar-refractivity contribution in [3.63, 3.8) is 0 Å². The fourth-order valence-corrected chi connectivity index (χ4v) is 2.56. The van der Waals surface area contributed by atoms with Crippen LogP contribution in [0.2, 0.25) is 0 Å². The first-order valence-corrected chi connectivity index (χ1v) is 6.91. The minimum absolute atomic E-state index is 0.113. The van der Waals surface area contributed by atoms with Crippen LogP contribution in [0, 0.1) is 6.92 Å². The summed E-state index contributed by atoms with van der Waals surface area (Å²) in [5, 5.41) is 4.50. The summed E-state index contributed by atoms with van der Waals surface area (Å²) in [6.07, 6.45) is 1.08. The van der Waals surface area contributed by atoms with E-state index in [1.54, 1.807) is 7.11 Å². The van der Waals surface area contributed by atoms with Crippen LogP contribution >= 0.6 is 15.9 Å². The maximum absolute atomic E-state index is 5.24. The van der Waals surface area contributed by atoms with Gasteiger partial charge in [-0.3, -0.25) is 4.98 Å². The standard InChI is InChI=1S/C13H21BrN2O/c1-10-7-12(17-4)8-11(16-10)9-15-13(2,3)5-6-14/h7-8,15H,5-6,9H2,1-4H3. The predicted octanol–water partition coefficient (Wildman–Crippen LogP) is 3.05. The predicted molar refractivity (Wildman–Crippen MR) is 74.9 cm³/mol. The first-order chi connectivity index (χ1) is 7.96. The lowest BCUT2D eigenvalue weighted by atomic mass is 10.0. The molecule has 0 saturated carbocycles. The molecule has 1 N–H and O–H groups in total. The number of alkyl halides is 1. The highest BCUT2D eigenvalue weighted by Gasteiger charge is 2.16. The Morgan fingerprint density at radius 2 is 2.12 bits per heavy atom. The van der Waals surface area contributed by atoms with E-state index >= 15 is 0 Å². The number of aromatic nitrogens is 1. The zero-order valence-corrected chi connectivity index (χ0v) is 12.6. The van der Waals surface area contributed by atoms with E-state index in [4.69, 9.17) is 4.74 Å². The van der Waals surface area contributed by atoms with Gasteiger partial charge in [0.25, 0.3) is 0 Å². The molecule has 3 nitrogen and oxygen atoms in total. The van der Waals surface area contributed by atoms with Crippen LogP contribution in [0.25, 0.3) is 0 Å². The van der Waals surface area contributed by atoms with E-state index < -0.39 is 0 Å². The Morgan fingerprint density at radius 3 is 2.71 bits per heavy atom. The van der Waals surface area contributed by atoms with Crippen molar-refractivity contribution in [3.8, 4) is 5.75 Å². The molecule has 0 aliphatic rings. The Morgan fingerprint density at radius 1 is 1.41 bits per heavy atom. The molecule has 1 heterocycles. The van der Waals surface area contributed by atoms with Crippen molar-refractivity contribution in [2.24, 2.45) is 0 Å². The lowest BCUT2D eigenvalue weighted by Gasteiger charge is -2.25. The van der Waals surface area contributed by atoms with Crippen molar-refractivity contribution in [1.82, 2.24) is 10.3 Å². The number of nitrogens with one attached hydrogen (secondary N) is 1. The summed E-state index contributed by atoms with van der Waals surface area (Å²) in [7, 11) is 1.68. The molecule has 1 aromatic rings. The van der Waals surface area contributed by atoms with Crippen LogP contribution in [0.15, 0.2) is 12.1 Å². The smallest absolute Gasteiger partial charge is 0.122 e. The Balaban J connectivity index is 2.65. The number of hydrogen-bond acceptors (Lipinski definition) is 3. The summed E-state index contributed by atoms with van der Waals surface area (Å²) in [5.41, 5.74) is 2.12. The van der Waals surface area contributed by atoms with Crippen LogP contribution in [0.3, 0.4) is 0 Å². The Hall–Kier alpha value is -0.610. The Bertz CT molecular complexity index is 366. The second-order valence-corrected chi connectivity index (χ2v) is 5.61. The van der Waals surface area contributed by atoms with Gasteiger partial charge in [-0.25, -0.2) is 0 Å². The molecule has 1 aromatic heterocycles. The van der Waals surface area contributed by atoms with Crippen molar-refractivity contribution >= 4 is 15.9 Å². The van der Waals surface area contributed by atoms with Crippen molar-refractivity contribution in [2.75, 3.05) is 12.4 Å². The van der Waals surface area contributed by atoms with Crippen LogP contribution in [-0.2, 0) is 6.54 Å². The average molecular weight is 301 g/mol. The van der Waals surface area contributed by atoms with E-state index in [1.807, 2.05) is 19.1 Å². The van der Waals surface area contributed by atoms with Gasteiger partial charge in [0.05, 0.1) is 12.8 Å². The summed E-state index contributed by atoms with van der Waals surface area (Å²) in [5.74, 6) is 0.868. The van der Waals surface area contributed by atoms with Crippen molar-refractivity contribution in [3.05, 3.63) is 23.5 Å². The fraction of sp³-hybridized carbons (Fsp3) is 0.615. The molecule has 1 rings (SSSR count). The summed E-state index contributed by atoms with van der Waals surface area (Å²) < 4.78 is 5.24. The van der Waals surface area contributed by atoms with Gasteiger partial charge in [0.15, 0.2) is 0 Å². The molecule has 96 valence electrons. The summed E-state index contributed by atoms with van der Waals surface area (Å²) >= 11 is 3.47. The molecular weight excluding hydrogens is 280 g/mol. The number of hydrogen-bond donors (Lipinski definition) is 1. The van der Waals surface area contributed by atoms with Crippen LogP contribution in [0.5, 0.6) is 5.75 Å². The minimum Gasteiger partial charge on any atom is -0.497 e. The number of nitrogens with zero attached hydrogens (tertiary/aromatic N) is 1. The third-order valence-corrected chi connectivity index (χ3v) is 3.08. The largest absolute Gasteiger partial charge is 0.497 e. The van der Waals surface area contributed by atoms with E-state index in [0.29, 0.717) is 0 Å². The minimum atomic E-state index is 0.113. The summed E-state index contributed by atoms with van der Waals surface area (Å²) in [6, 6.07) is 3.91. The molecular formula is C13H21BrN2O. The van der Waals surface area contributed by atoms with Crippen molar-refractivity contribution in [1.29, 1.82) is 0 Å². The van der Waals surface area contributed by atoms with Crippen molar-refractivity contribution in [2.45, 2.75) is 39.3 Å². The number of rotatable bonds is 6. The third-order valence-electron chi connectivity index (χ3n) is 2.68. The molecule has 0 atom stereocenters. The highest BCUT2D eigenvalue weighted by molar-refractivity contribution is 9.09. The van der Waals surface area contributed by atoms with Gasteiger partial charge in [-0.15, -0.1) is 0 Å². The molecule has 0 spiro atoms. The number of halogens is 1. The molecule has 0 aliphatic heterocycles. The lowest BCUT2D eigenvalue weighted by Crippen LogP contribution is -2.39. The van der Waals surface area contributed by atoms with Gasteiger partial charge in [-0.2, -0.15) is 0 Å². The number of aryl methyl sites for hydroxylation is 1. The van der Waals surface area contributed by atoms with Crippen LogP contribution in [0.1, 0.15) is 31.7 Å². The molecule has 0 amide bonds. The molecule has 0 saturated heterocycles. The van der Waals surface area contributed by atoms with Crippen LogP contribution in [0.4, 0.5) is 0 Å². The van der Waals surface area contributed by atoms with Gasteiger partial charge < -0.3 is 10.1 Å². The van der Waals surface area contributed by atoms with Crippen LogP contribution in [-0.4, -0.2) is 23.0 Å². The van der Waals surface area contributed by atoms with Gasteiger partial charge >= 0.3 is 0 Å². The average Bonchev–Trinajstić information content (AvgIpc) is 2.26. The molecule has 4 heteroatoms. The van der Waals surface area contributed by atoms with E-state index in [-0.39, 0.29) is 5.54 Å². The first kappa shape index (κ1) is 14.5. The quantitative estimate of drug-likeness (QED) is 0.820. The zero-order valence-electron chi connectivity index (χ0n) is 11.0. The number of ether oxygens (including phenoxy) is 1. The van der Waals surface area contributed by atoms with Gasteiger partial charge in [-0.05, 0) is 27.2 Å². The lowest BCUT2D eigenvalue weighted by molar-refractivity contribution is 0.373. The van der Waals surface area contributed by atoms with Gasteiger partial charge in [0.2, 0.25) is 0 Å². The number of methoxy groups -OCH3 is 1. The maximum atomic E-state index is 5.24. The molecule has 0 unspecified atom stereocenters. The summed E-state index contributed by atoms with van der Waals surface area (Å²) in [6.45, 7) is 7.14. The van der Waals surface area contributed by atoms with E-state index in [9.17, 15) is 0 Å². The number of pyridine rings is 1. The van der Waals surface area contributed by atoms with E-state index in [1.165, 1.54) is 0 Å². The maximum Gasteiger partial charge on any atom is 0.122 e. The second-order valence-electron chi connectivity index (χ2n) is 4.82. The molecule has 0 radical (unpaired) electrons. The highest BCUT2D eigenvalue weighted by Crippen LogP contribution is 2.15. The zero-order chi connectivity index (χ0) is 12.9. The SMILES string of the molecule is COc1cc(C)nc(CNC(C)(C)CCBr)c1. The molecule has 17 heavy (non-hydrogen) atoms. The van der Waals surface area contributed by atoms with E-state index in [2.05, 4.69) is 40.1 Å². The second kappa shape index (κ2) is 6.36. The van der Waals surface area contributed by atoms with Gasteiger partial charge in [0.1, 0.15) is 5.75 Å². The Labute approximate surface area is 112 Å². The fourth-order valence-electron chi connectivity index (χ4n) is 1.57. The first-order valence-electron chi connectivity index (χ1n) is 5.79. The van der Waals surface area contributed by atoms with Gasteiger partial charge in [0, 0.05) is 35.2 Å². The monoisotopic (exact) mass is 300 g/mol. The van der Waals surface area contributed by atoms with Crippen molar-refractivity contribution < 1.29 is 4.74 Å². The third kappa shape index (κ3) is 5.04. The topological polar surface area (TPSA) is 34.1 Å². The molecule has 0 fully saturated rings. The highest BCUT2D eigenvalue weighted by atomic mass is 79.9. The normalized spacial score (nSPS) is 11.6. The van der Waals surface area contributed by atoms with E-state index in [0.717, 1.165) is 35.4 Å². The molecule has 0 aromatic carbocycles. The van der Waals surface area contributed by atoms with Gasteiger partial charge in [-0.1, -0.05) is 15.9 Å². The Kier molecular flexibility index (Phi) is 5.40. The molecule has 0 bridgehead atoms. The summed E-state index contributed by atoms with van der Waals surface area (Å²) in [4.78, 5) is 4.49.